The minimum absolute atomic E-state index is 0.103. The molecule has 6 nitrogen and oxygen atoms in total. The molecular weight excluding hydrogens is 222 g/mol. The predicted octanol–water partition coefficient (Wildman–Crippen LogP) is -2.57. The Bertz CT molecular complexity index is 285. The van der Waals surface area contributed by atoms with Crippen LogP contribution >= 0.6 is 0 Å². The van der Waals surface area contributed by atoms with Crippen LogP contribution < -0.4 is 0 Å². The summed E-state index contributed by atoms with van der Waals surface area (Å²) in [5.41, 5.74) is 0. The number of hydrogen-bond donors (Lipinski definition) is 3. The third kappa shape index (κ3) is 3.39. The molecular formula is C8H17NO5S. The van der Waals surface area contributed by atoms with Crippen LogP contribution in [0.4, 0.5) is 0 Å². The van der Waals surface area contributed by atoms with Crippen LogP contribution in [0.1, 0.15) is 0 Å². The van der Waals surface area contributed by atoms with Crippen LogP contribution in [0.15, 0.2) is 0 Å². The highest BCUT2D eigenvalue weighted by atomic mass is 32.2. The second kappa shape index (κ2) is 5.22. The molecule has 1 aliphatic rings. The summed E-state index contributed by atoms with van der Waals surface area (Å²) >= 11 is 0. The molecule has 0 radical (unpaired) electrons. The summed E-state index contributed by atoms with van der Waals surface area (Å²) in [6, 6.07) is -0.505. The van der Waals surface area contributed by atoms with E-state index in [1.807, 2.05) is 0 Å². The molecule has 0 aromatic rings. The zero-order valence-corrected chi connectivity index (χ0v) is 9.23. The van der Waals surface area contributed by atoms with Crippen LogP contribution in [0.2, 0.25) is 0 Å². The van der Waals surface area contributed by atoms with Crippen molar-refractivity contribution in [1.29, 1.82) is 0 Å². The summed E-state index contributed by atoms with van der Waals surface area (Å²) in [6.07, 6.45) is -0.923. The summed E-state index contributed by atoms with van der Waals surface area (Å²) in [5.74, 6) is -0.334. The van der Waals surface area contributed by atoms with E-state index in [2.05, 4.69) is 0 Å². The lowest BCUT2D eigenvalue weighted by molar-refractivity contribution is 0.0588. The molecule has 2 unspecified atom stereocenters. The van der Waals surface area contributed by atoms with Crippen molar-refractivity contribution in [1.82, 2.24) is 4.90 Å². The van der Waals surface area contributed by atoms with E-state index in [1.54, 1.807) is 4.90 Å². The number of aliphatic hydroxyl groups excluding tert-OH is 3. The van der Waals surface area contributed by atoms with Crippen molar-refractivity contribution in [3.8, 4) is 0 Å². The first-order chi connectivity index (χ1) is 7.00. The van der Waals surface area contributed by atoms with E-state index in [1.165, 1.54) is 0 Å². The number of aliphatic hydroxyl groups is 3. The molecule has 2 atom stereocenters. The van der Waals surface area contributed by atoms with Gasteiger partial charge in [-0.25, -0.2) is 8.42 Å². The maximum absolute atomic E-state index is 11.3. The van der Waals surface area contributed by atoms with Crippen LogP contribution in [0, 0.1) is 0 Å². The van der Waals surface area contributed by atoms with E-state index in [9.17, 15) is 13.5 Å². The highest BCUT2D eigenvalue weighted by molar-refractivity contribution is 7.91. The lowest BCUT2D eigenvalue weighted by Crippen LogP contribution is -2.45. The monoisotopic (exact) mass is 239 g/mol. The van der Waals surface area contributed by atoms with Gasteiger partial charge in [0.1, 0.15) is 0 Å². The third-order valence-corrected chi connectivity index (χ3v) is 4.24. The summed E-state index contributed by atoms with van der Waals surface area (Å²) < 4.78 is 22.5. The maximum atomic E-state index is 11.3. The standard InChI is InChI=1S/C8H17NO5S/c10-3-1-9(2-4-11)7-5-15(13,14)6-8(7)12/h7-8,10-12H,1-6H2. The Hall–Kier alpha value is -0.210. The molecule has 1 heterocycles. The van der Waals surface area contributed by atoms with Gasteiger partial charge in [0.15, 0.2) is 9.84 Å². The van der Waals surface area contributed by atoms with Gasteiger partial charge in [-0.15, -0.1) is 0 Å². The van der Waals surface area contributed by atoms with E-state index in [-0.39, 0.29) is 37.8 Å². The van der Waals surface area contributed by atoms with Crippen molar-refractivity contribution in [2.45, 2.75) is 12.1 Å². The lowest BCUT2D eigenvalue weighted by Gasteiger charge is -2.28. The molecule has 7 heteroatoms. The Morgan fingerprint density at radius 2 is 1.67 bits per heavy atom. The Kier molecular flexibility index (Phi) is 4.47. The van der Waals surface area contributed by atoms with Gasteiger partial charge in [0.25, 0.3) is 0 Å². The Labute approximate surface area is 89.1 Å². The summed E-state index contributed by atoms with van der Waals surface area (Å²) in [7, 11) is -3.18. The van der Waals surface area contributed by atoms with Gasteiger partial charge < -0.3 is 15.3 Å². The largest absolute Gasteiger partial charge is 0.395 e. The Morgan fingerprint density at radius 3 is 2.00 bits per heavy atom. The fourth-order valence-corrected chi connectivity index (χ4v) is 3.69. The number of sulfone groups is 1. The number of hydrogen-bond acceptors (Lipinski definition) is 6. The van der Waals surface area contributed by atoms with Gasteiger partial charge in [0.2, 0.25) is 0 Å². The Balaban J connectivity index is 2.67. The van der Waals surface area contributed by atoms with Crippen LogP contribution in [-0.4, -0.2) is 78.6 Å². The van der Waals surface area contributed by atoms with Crippen molar-refractivity contribution in [2.24, 2.45) is 0 Å². The number of nitrogens with zero attached hydrogens (tertiary/aromatic N) is 1. The van der Waals surface area contributed by atoms with E-state index in [0.29, 0.717) is 0 Å². The molecule has 1 saturated heterocycles. The first kappa shape index (κ1) is 12.9. The fraction of sp³-hybridized carbons (Fsp3) is 1.00. The molecule has 0 aromatic heterocycles. The van der Waals surface area contributed by atoms with Crippen molar-refractivity contribution >= 4 is 9.84 Å². The minimum atomic E-state index is -3.18. The lowest BCUT2D eigenvalue weighted by atomic mass is 10.2. The average molecular weight is 239 g/mol. The first-order valence-electron chi connectivity index (χ1n) is 4.84. The number of rotatable bonds is 5. The maximum Gasteiger partial charge on any atom is 0.154 e. The van der Waals surface area contributed by atoms with Crippen molar-refractivity contribution < 1.29 is 23.7 Å². The van der Waals surface area contributed by atoms with Crippen LogP contribution in [0.25, 0.3) is 0 Å². The van der Waals surface area contributed by atoms with E-state index in [4.69, 9.17) is 10.2 Å². The van der Waals surface area contributed by atoms with Gasteiger partial charge in [-0.05, 0) is 0 Å². The summed E-state index contributed by atoms with van der Waals surface area (Å²) in [5, 5.41) is 27.1. The van der Waals surface area contributed by atoms with Gasteiger partial charge >= 0.3 is 0 Å². The predicted molar refractivity (Wildman–Crippen MR) is 54.2 cm³/mol. The topological polar surface area (TPSA) is 98.1 Å². The van der Waals surface area contributed by atoms with Gasteiger partial charge in [-0.2, -0.15) is 0 Å². The molecule has 1 fully saturated rings. The fourth-order valence-electron chi connectivity index (χ4n) is 1.86. The van der Waals surface area contributed by atoms with Crippen molar-refractivity contribution in [3.63, 3.8) is 0 Å². The van der Waals surface area contributed by atoms with Gasteiger partial charge in [-0.3, -0.25) is 4.90 Å². The molecule has 15 heavy (non-hydrogen) atoms. The van der Waals surface area contributed by atoms with E-state index in [0.717, 1.165) is 0 Å². The molecule has 3 N–H and O–H groups in total. The quantitative estimate of drug-likeness (QED) is 0.488. The molecule has 1 aliphatic heterocycles. The summed E-state index contributed by atoms with van der Waals surface area (Å²) in [4.78, 5) is 1.61. The molecule has 0 saturated carbocycles. The molecule has 0 amide bonds. The average Bonchev–Trinajstić information content (AvgIpc) is 2.39. The minimum Gasteiger partial charge on any atom is -0.395 e. The highest BCUT2D eigenvalue weighted by Crippen LogP contribution is 2.17. The van der Waals surface area contributed by atoms with E-state index < -0.39 is 22.0 Å². The van der Waals surface area contributed by atoms with E-state index >= 15 is 0 Å². The normalized spacial score (nSPS) is 29.9. The Morgan fingerprint density at radius 1 is 1.13 bits per heavy atom. The van der Waals surface area contributed by atoms with Gasteiger partial charge in [0.05, 0.1) is 36.9 Å². The van der Waals surface area contributed by atoms with Crippen molar-refractivity contribution in [2.75, 3.05) is 37.8 Å². The van der Waals surface area contributed by atoms with Crippen LogP contribution in [0.5, 0.6) is 0 Å². The molecule has 0 spiro atoms. The molecule has 0 aliphatic carbocycles. The zero-order valence-electron chi connectivity index (χ0n) is 8.41. The second-order valence-corrected chi connectivity index (χ2v) is 5.85. The molecule has 0 bridgehead atoms. The SMILES string of the molecule is O=S1(=O)CC(O)C(N(CCO)CCO)C1. The zero-order chi connectivity index (χ0) is 11.5. The molecule has 90 valence electrons. The van der Waals surface area contributed by atoms with Crippen molar-refractivity contribution in [3.05, 3.63) is 0 Å². The van der Waals surface area contributed by atoms with Gasteiger partial charge in [0, 0.05) is 13.1 Å². The summed E-state index contributed by atoms with van der Waals surface area (Å²) in [6.45, 7) is 0.280. The van der Waals surface area contributed by atoms with Gasteiger partial charge in [-0.1, -0.05) is 0 Å². The van der Waals surface area contributed by atoms with Crippen LogP contribution in [-0.2, 0) is 9.84 Å². The molecule has 0 aromatic carbocycles. The molecule has 1 rings (SSSR count). The third-order valence-electron chi connectivity index (χ3n) is 2.54. The second-order valence-electron chi connectivity index (χ2n) is 3.69. The van der Waals surface area contributed by atoms with Crippen LogP contribution in [0.3, 0.4) is 0 Å². The first-order valence-corrected chi connectivity index (χ1v) is 6.66. The smallest absolute Gasteiger partial charge is 0.154 e. The highest BCUT2D eigenvalue weighted by Gasteiger charge is 2.39.